The van der Waals surface area contributed by atoms with Gasteiger partial charge in [0.1, 0.15) is 0 Å². The van der Waals surface area contributed by atoms with Gasteiger partial charge in [0.15, 0.2) is 0 Å². The fraction of sp³-hybridized carbons (Fsp3) is 0.333. The van der Waals surface area contributed by atoms with Crippen LogP contribution in [0.5, 0.6) is 0 Å². The van der Waals surface area contributed by atoms with Crippen LogP contribution in [0.1, 0.15) is 20.3 Å². The number of carbonyl (C=O) groups is 1. The number of amides is 2. The lowest BCUT2D eigenvalue weighted by molar-refractivity contribution is 0.246. The minimum Gasteiger partial charge on any atom is -0.399 e. The highest BCUT2D eigenvalue weighted by atomic mass is 16.2. The van der Waals surface area contributed by atoms with Crippen LogP contribution in [-0.4, -0.2) is 18.4 Å². The molecule has 5 nitrogen and oxygen atoms in total. The molecule has 0 bridgehead atoms. The number of nitrogens with one attached hydrogen (secondary N) is 2. The van der Waals surface area contributed by atoms with Crippen LogP contribution in [-0.2, 0) is 0 Å². The second kappa shape index (κ2) is 5.89. The van der Waals surface area contributed by atoms with Gasteiger partial charge in [-0.25, -0.2) is 4.79 Å². The molecule has 0 fully saturated rings. The second-order valence-electron chi connectivity index (χ2n) is 3.85. The number of nitrogens with zero attached hydrogens (tertiary/aromatic N) is 1. The molecule has 0 radical (unpaired) electrons. The fourth-order valence-electron chi connectivity index (χ4n) is 1.27. The lowest BCUT2D eigenvalue weighted by atomic mass is 10.2. The maximum atomic E-state index is 11.9. The van der Waals surface area contributed by atoms with E-state index in [-0.39, 0.29) is 12.1 Å². The summed E-state index contributed by atoms with van der Waals surface area (Å²) in [5, 5.41) is 10.1. The van der Waals surface area contributed by atoms with Crippen molar-refractivity contribution in [2.24, 2.45) is 0 Å². The van der Waals surface area contributed by atoms with E-state index in [1.54, 1.807) is 24.3 Å². The van der Waals surface area contributed by atoms with Crippen molar-refractivity contribution in [1.29, 1.82) is 5.41 Å². The quantitative estimate of drug-likeness (QED) is 0.424. The molecular formula is C12H18N4O. The summed E-state index contributed by atoms with van der Waals surface area (Å²) in [7, 11) is 0. The van der Waals surface area contributed by atoms with Crippen LogP contribution in [0, 0.1) is 5.41 Å². The van der Waals surface area contributed by atoms with Crippen LogP contribution >= 0.6 is 0 Å². The summed E-state index contributed by atoms with van der Waals surface area (Å²) in [6, 6.07) is 6.58. The molecule has 1 aromatic carbocycles. The van der Waals surface area contributed by atoms with Crippen LogP contribution in [0.15, 0.2) is 24.3 Å². The molecule has 1 rings (SSSR count). The predicted octanol–water partition coefficient (Wildman–Crippen LogP) is 2.19. The van der Waals surface area contributed by atoms with E-state index in [9.17, 15) is 4.79 Å². The van der Waals surface area contributed by atoms with Crippen molar-refractivity contribution in [3.63, 3.8) is 0 Å². The summed E-state index contributed by atoms with van der Waals surface area (Å²) in [5.74, 6) is 0. The molecule has 2 amide bonds. The summed E-state index contributed by atoms with van der Waals surface area (Å²) in [6.07, 6.45) is 1.84. The van der Waals surface area contributed by atoms with E-state index in [4.69, 9.17) is 11.1 Å². The Morgan fingerprint density at radius 2 is 2.12 bits per heavy atom. The molecule has 0 aliphatic rings. The average molecular weight is 234 g/mol. The van der Waals surface area contributed by atoms with Crippen molar-refractivity contribution >= 4 is 23.7 Å². The van der Waals surface area contributed by atoms with E-state index in [0.29, 0.717) is 11.4 Å². The summed E-state index contributed by atoms with van der Waals surface area (Å²) in [4.78, 5) is 13.1. The van der Waals surface area contributed by atoms with Gasteiger partial charge in [0.25, 0.3) is 0 Å². The molecular weight excluding hydrogens is 216 g/mol. The number of hydrogen-bond donors (Lipinski definition) is 3. The normalized spacial score (nSPS) is 11.6. The van der Waals surface area contributed by atoms with E-state index in [2.05, 4.69) is 5.32 Å². The summed E-state index contributed by atoms with van der Waals surface area (Å²) >= 11 is 0. The summed E-state index contributed by atoms with van der Waals surface area (Å²) in [6.45, 7) is 3.91. The molecule has 1 atom stereocenters. The topological polar surface area (TPSA) is 82.2 Å². The Hall–Kier alpha value is -2.04. The third-order valence-electron chi connectivity index (χ3n) is 2.50. The predicted molar refractivity (Wildman–Crippen MR) is 70.4 cm³/mol. The van der Waals surface area contributed by atoms with Gasteiger partial charge in [-0.05, 0) is 37.6 Å². The molecule has 0 spiro atoms. The van der Waals surface area contributed by atoms with E-state index < -0.39 is 0 Å². The van der Waals surface area contributed by atoms with Gasteiger partial charge in [-0.15, -0.1) is 0 Å². The highest BCUT2D eigenvalue weighted by molar-refractivity contribution is 6.06. The van der Waals surface area contributed by atoms with E-state index in [1.165, 1.54) is 4.90 Å². The first-order valence-corrected chi connectivity index (χ1v) is 5.54. The molecule has 0 aliphatic heterocycles. The first kappa shape index (κ1) is 13.0. The number of benzene rings is 1. The van der Waals surface area contributed by atoms with E-state index in [0.717, 1.165) is 12.8 Å². The van der Waals surface area contributed by atoms with Gasteiger partial charge in [-0.2, -0.15) is 0 Å². The Balaban J connectivity index is 2.80. The standard InChI is InChI=1S/C12H18N4O/c1-3-9(2)15-12(17)16(8-13)11-6-4-10(14)5-7-11/h4-9,13H,3,14H2,1-2H3,(H,15,17)/t9-/m0/s1. The van der Waals surface area contributed by atoms with Crippen LogP contribution in [0.25, 0.3) is 0 Å². The highest BCUT2D eigenvalue weighted by Crippen LogP contribution is 2.15. The lowest BCUT2D eigenvalue weighted by Crippen LogP contribution is -2.43. The number of nitrogens with two attached hydrogens (primary N) is 1. The summed E-state index contributed by atoms with van der Waals surface area (Å²) in [5.41, 5.74) is 6.82. The third-order valence-corrected chi connectivity index (χ3v) is 2.50. The van der Waals surface area contributed by atoms with Gasteiger partial charge in [0.05, 0.1) is 12.0 Å². The largest absolute Gasteiger partial charge is 0.399 e. The zero-order valence-corrected chi connectivity index (χ0v) is 10.1. The van der Waals surface area contributed by atoms with Crippen LogP contribution in [0.4, 0.5) is 16.2 Å². The zero-order chi connectivity index (χ0) is 12.8. The first-order chi connectivity index (χ1) is 8.08. The molecule has 0 saturated carbocycles. The Morgan fingerprint density at radius 1 is 1.53 bits per heavy atom. The SMILES string of the molecule is CC[C@H](C)NC(=O)N(C=N)c1ccc(N)cc1. The maximum Gasteiger partial charge on any atom is 0.327 e. The van der Waals surface area contributed by atoms with Gasteiger partial charge >= 0.3 is 6.03 Å². The van der Waals surface area contributed by atoms with Crippen LogP contribution in [0.2, 0.25) is 0 Å². The minimum absolute atomic E-state index is 0.0822. The summed E-state index contributed by atoms with van der Waals surface area (Å²) < 4.78 is 0. The number of nitrogen functional groups attached to an aromatic ring is 1. The van der Waals surface area contributed by atoms with Gasteiger partial charge < -0.3 is 11.1 Å². The Bertz CT molecular complexity index is 388. The van der Waals surface area contributed by atoms with Gasteiger partial charge in [0.2, 0.25) is 0 Å². The number of hydrogen-bond acceptors (Lipinski definition) is 3. The number of rotatable bonds is 4. The Kier molecular flexibility index (Phi) is 4.51. The molecule has 4 N–H and O–H groups in total. The average Bonchev–Trinajstić information content (AvgIpc) is 2.32. The maximum absolute atomic E-state index is 11.9. The lowest BCUT2D eigenvalue weighted by Gasteiger charge is -2.20. The van der Waals surface area contributed by atoms with E-state index >= 15 is 0 Å². The zero-order valence-electron chi connectivity index (χ0n) is 10.1. The van der Waals surface area contributed by atoms with Crippen molar-refractivity contribution in [1.82, 2.24) is 5.32 Å². The van der Waals surface area contributed by atoms with Crippen LogP contribution in [0.3, 0.4) is 0 Å². The van der Waals surface area contributed by atoms with Crippen molar-refractivity contribution in [3.05, 3.63) is 24.3 Å². The second-order valence-corrected chi connectivity index (χ2v) is 3.85. The number of carbonyl (C=O) groups excluding carboxylic acids is 1. The number of urea groups is 1. The van der Waals surface area contributed by atoms with Crippen molar-refractivity contribution in [2.75, 3.05) is 10.6 Å². The smallest absolute Gasteiger partial charge is 0.327 e. The highest BCUT2D eigenvalue weighted by Gasteiger charge is 2.14. The van der Waals surface area contributed by atoms with Gasteiger partial charge in [-0.3, -0.25) is 10.3 Å². The molecule has 0 aromatic heterocycles. The third kappa shape index (κ3) is 3.48. The molecule has 0 saturated heterocycles. The molecule has 0 heterocycles. The Morgan fingerprint density at radius 3 is 2.59 bits per heavy atom. The monoisotopic (exact) mass is 234 g/mol. The minimum atomic E-state index is -0.306. The molecule has 5 heteroatoms. The molecule has 0 aliphatic carbocycles. The molecule has 92 valence electrons. The van der Waals surface area contributed by atoms with Crippen LogP contribution < -0.4 is 16.0 Å². The number of anilines is 2. The van der Waals surface area contributed by atoms with Crippen molar-refractivity contribution in [2.45, 2.75) is 26.3 Å². The van der Waals surface area contributed by atoms with E-state index in [1.807, 2.05) is 13.8 Å². The van der Waals surface area contributed by atoms with Gasteiger partial charge in [-0.1, -0.05) is 6.92 Å². The van der Waals surface area contributed by atoms with Crippen molar-refractivity contribution < 1.29 is 4.79 Å². The fourth-order valence-corrected chi connectivity index (χ4v) is 1.27. The molecule has 0 unspecified atom stereocenters. The first-order valence-electron chi connectivity index (χ1n) is 5.54. The van der Waals surface area contributed by atoms with Gasteiger partial charge in [0, 0.05) is 11.7 Å². The molecule has 17 heavy (non-hydrogen) atoms. The van der Waals surface area contributed by atoms with Crippen molar-refractivity contribution in [3.8, 4) is 0 Å². The Labute approximate surface area is 101 Å². The molecule has 1 aromatic rings.